The molecule has 2 aromatic rings. The molecule has 0 aliphatic carbocycles. The largest absolute Gasteiger partial charge is 0.390 e. The first kappa shape index (κ1) is 17.7. The van der Waals surface area contributed by atoms with Crippen LogP contribution in [0.5, 0.6) is 0 Å². The Morgan fingerprint density at radius 1 is 0.957 bits per heavy atom. The number of aliphatic hydroxyl groups is 2. The van der Waals surface area contributed by atoms with E-state index < -0.39 is 12.2 Å². The molecular formula is C16H27N5O2. The van der Waals surface area contributed by atoms with Crippen LogP contribution in [0, 0.1) is 0 Å². The molecular weight excluding hydrogens is 294 g/mol. The summed E-state index contributed by atoms with van der Waals surface area (Å²) in [4.78, 5) is 2.12. The van der Waals surface area contributed by atoms with Crippen LogP contribution in [0.3, 0.4) is 0 Å². The molecule has 128 valence electrons. The van der Waals surface area contributed by atoms with Crippen LogP contribution in [0.4, 0.5) is 0 Å². The third-order valence-electron chi connectivity index (χ3n) is 3.68. The van der Waals surface area contributed by atoms with Crippen molar-refractivity contribution in [2.24, 2.45) is 0 Å². The molecule has 2 aromatic heterocycles. The highest BCUT2D eigenvalue weighted by atomic mass is 16.3. The fraction of sp³-hybridized carbons (Fsp3) is 0.625. The minimum Gasteiger partial charge on any atom is -0.390 e. The maximum absolute atomic E-state index is 10.3. The molecule has 0 aromatic carbocycles. The Morgan fingerprint density at radius 2 is 1.48 bits per heavy atom. The van der Waals surface area contributed by atoms with E-state index in [1.54, 1.807) is 21.8 Å². The molecule has 7 heteroatoms. The molecule has 2 N–H and O–H groups in total. The molecule has 0 spiro atoms. The van der Waals surface area contributed by atoms with Crippen molar-refractivity contribution >= 4 is 0 Å². The monoisotopic (exact) mass is 321 g/mol. The summed E-state index contributed by atoms with van der Waals surface area (Å²) in [6.45, 7) is 4.98. The van der Waals surface area contributed by atoms with E-state index >= 15 is 0 Å². The number of aliphatic hydroxyl groups excluding tert-OH is 2. The Labute approximate surface area is 137 Å². The van der Waals surface area contributed by atoms with Crippen molar-refractivity contribution in [2.75, 3.05) is 19.6 Å². The molecule has 7 nitrogen and oxygen atoms in total. The van der Waals surface area contributed by atoms with Gasteiger partial charge in [-0.05, 0) is 25.1 Å². The third kappa shape index (κ3) is 6.52. The van der Waals surface area contributed by atoms with Crippen LogP contribution in [-0.4, -0.2) is 66.5 Å². The Hall–Kier alpha value is -1.70. The van der Waals surface area contributed by atoms with Crippen molar-refractivity contribution < 1.29 is 10.2 Å². The number of unbranched alkanes of at least 4 members (excludes halogenated alkanes) is 1. The Morgan fingerprint density at radius 3 is 1.87 bits per heavy atom. The predicted octanol–water partition coefficient (Wildman–Crippen LogP) is 0.604. The molecule has 0 saturated carbocycles. The molecule has 0 fully saturated rings. The summed E-state index contributed by atoms with van der Waals surface area (Å²) in [6.07, 6.45) is 8.19. The van der Waals surface area contributed by atoms with Gasteiger partial charge in [0.1, 0.15) is 0 Å². The van der Waals surface area contributed by atoms with Crippen LogP contribution in [0.25, 0.3) is 0 Å². The van der Waals surface area contributed by atoms with E-state index in [0.717, 1.165) is 19.4 Å². The van der Waals surface area contributed by atoms with E-state index in [-0.39, 0.29) is 0 Å². The smallest absolute Gasteiger partial charge is 0.0862 e. The maximum Gasteiger partial charge on any atom is 0.0862 e. The van der Waals surface area contributed by atoms with Gasteiger partial charge in [0.25, 0.3) is 0 Å². The van der Waals surface area contributed by atoms with Gasteiger partial charge in [-0.3, -0.25) is 14.3 Å². The van der Waals surface area contributed by atoms with E-state index in [1.165, 1.54) is 0 Å². The predicted molar refractivity (Wildman–Crippen MR) is 87.8 cm³/mol. The topological polar surface area (TPSA) is 79.3 Å². The Balaban J connectivity index is 1.82. The van der Waals surface area contributed by atoms with Crippen molar-refractivity contribution in [1.82, 2.24) is 24.5 Å². The standard InChI is InChI=1S/C16H27N5O2/c1-2-3-8-19(11-15(22)13-20-9-4-6-17-20)12-16(23)14-21-10-5-7-18-21/h4-7,9-10,15-16,22-23H,2-3,8,11-14H2,1H3. The van der Waals surface area contributed by atoms with Gasteiger partial charge in [0.15, 0.2) is 0 Å². The summed E-state index contributed by atoms with van der Waals surface area (Å²) in [5.74, 6) is 0. The molecule has 2 atom stereocenters. The van der Waals surface area contributed by atoms with Crippen molar-refractivity contribution in [1.29, 1.82) is 0 Å². The van der Waals surface area contributed by atoms with Crippen molar-refractivity contribution in [2.45, 2.75) is 45.1 Å². The zero-order valence-corrected chi connectivity index (χ0v) is 13.7. The lowest BCUT2D eigenvalue weighted by Gasteiger charge is -2.27. The van der Waals surface area contributed by atoms with Gasteiger partial charge in [-0.2, -0.15) is 10.2 Å². The molecule has 0 bridgehead atoms. The summed E-state index contributed by atoms with van der Waals surface area (Å²) in [6, 6.07) is 3.69. The van der Waals surface area contributed by atoms with Gasteiger partial charge in [0.05, 0.1) is 25.3 Å². The second-order valence-corrected chi connectivity index (χ2v) is 5.88. The number of nitrogens with zero attached hydrogens (tertiary/aromatic N) is 5. The Kier molecular flexibility index (Phi) is 7.25. The van der Waals surface area contributed by atoms with E-state index in [0.29, 0.717) is 26.2 Å². The van der Waals surface area contributed by atoms with Crippen LogP contribution < -0.4 is 0 Å². The van der Waals surface area contributed by atoms with Crippen molar-refractivity contribution in [3.8, 4) is 0 Å². The second kappa shape index (κ2) is 9.44. The number of rotatable bonds is 11. The fourth-order valence-electron chi connectivity index (χ4n) is 2.60. The van der Waals surface area contributed by atoms with Gasteiger partial charge in [-0.25, -0.2) is 0 Å². The highest BCUT2D eigenvalue weighted by Crippen LogP contribution is 2.03. The second-order valence-electron chi connectivity index (χ2n) is 5.88. The van der Waals surface area contributed by atoms with Gasteiger partial charge in [0, 0.05) is 37.9 Å². The zero-order valence-electron chi connectivity index (χ0n) is 13.7. The maximum atomic E-state index is 10.3. The first-order valence-corrected chi connectivity index (χ1v) is 8.20. The lowest BCUT2D eigenvalue weighted by molar-refractivity contribution is 0.0526. The SMILES string of the molecule is CCCCN(CC(O)Cn1cccn1)CC(O)Cn1cccn1. The first-order chi connectivity index (χ1) is 11.2. The summed E-state index contributed by atoms with van der Waals surface area (Å²) in [7, 11) is 0. The molecule has 23 heavy (non-hydrogen) atoms. The number of aromatic nitrogens is 4. The van der Waals surface area contributed by atoms with Gasteiger partial charge in [0.2, 0.25) is 0 Å². The van der Waals surface area contributed by atoms with Crippen molar-refractivity contribution in [3.05, 3.63) is 36.9 Å². The zero-order chi connectivity index (χ0) is 16.5. The molecule has 0 amide bonds. The highest BCUT2D eigenvalue weighted by Gasteiger charge is 2.16. The number of hydrogen-bond donors (Lipinski definition) is 2. The van der Waals surface area contributed by atoms with Crippen LogP contribution >= 0.6 is 0 Å². The van der Waals surface area contributed by atoms with E-state index in [2.05, 4.69) is 22.0 Å². The molecule has 2 rings (SSSR count). The highest BCUT2D eigenvalue weighted by molar-refractivity contribution is 4.80. The molecule has 2 heterocycles. The van der Waals surface area contributed by atoms with Crippen molar-refractivity contribution in [3.63, 3.8) is 0 Å². The molecule has 2 unspecified atom stereocenters. The van der Waals surface area contributed by atoms with Gasteiger partial charge >= 0.3 is 0 Å². The third-order valence-corrected chi connectivity index (χ3v) is 3.68. The summed E-state index contributed by atoms with van der Waals surface area (Å²) in [5.41, 5.74) is 0. The number of hydrogen-bond acceptors (Lipinski definition) is 5. The summed E-state index contributed by atoms with van der Waals surface area (Å²) in [5, 5.41) is 28.7. The molecule has 0 radical (unpaired) electrons. The van der Waals surface area contributed by atoms with Gasteiger partial charge < -0.3 is 10.2 Å². The molecule has 0 aliphatic rings. The molecule has 0 aliphatic heterocycles. The van der Waals surface area contributed by atoms with Gasteiger partial charge in [-0.1, -0.05) is 13.3 Å². The first-order valence-electron chi connectivity index (χ1n) is 8.20. The van der Waals surface area contributed by atoms with Crippen LogP contribution in [0.15, 0.2) is 36.9 Å². The fourth-order valence-corrected chi connectivity index (χ4v) is 2.60. The van der Waals surface area contributed by atoms with E-state index in [1.807, 2.05) is 24.5 Å². The average molecular weight is 321 g/mol. The summed E-state index contributed by atoms with van der Waals surface area (Å²) >= 11 is 0. The quantitative estimate of drug-likeness (QED) is 0.634. The lowest BCUT2D eigenvalue weighted by Crippen LogP contribution is -2.41. The van der Waals surface area contributed by atoms with Crippen LogP contribution in [0.1, 0.15) is 19.8 Å². The minimum absolute atomic E-state index is 0.463. The van der Waals surface area contributed by atoms with E-state index in [9.17, 15) is 10.2 Å². The van der Waals surface area contributed by atoms with Gasteiger partial charge in [-0.15, -0.1) is 0 Å². The minimum atomic E-state index is -0.511. The summed E-state index contributed by atoms with van der Waals surface area (Å²) < 4.78 is 3.45. The van der Waals surface area contributed by atoms with Crippen LogP contribution in [0.2, 0.25) is 0 Å². The normalized spacial score (nSPS) is 14.3. The average Bonchev–Trinajstić information content (AvgIpc) is 3.18. The van der Waals surface area contributed by atoms with Crippen LogP contribution in [-0.2, 0) is 13.1 Å². The lowest BCUT2D eigenvalue weighted by atomic mass is 10.2. The molecule has 0 saturated heterocycles. The Bertz CT molecular complexity index is 470. The van der Waals surface area contributed by atoms with E-state index in [4.69, 9.17) is 0 Å².